The van der Waals surface area contributed by atoms with Crippen LogP contribution in [-0.2, 0) is 0 Å². The van der Waals surface area contributed by atoms with Crippen LogP contribution < -0.4 is 5.69 Å². The van der Waals surface area contributed by atoms with Crippen LogP contribution in [0.3, 0.4) is 0 Å². The summed E-state index contributed by atoms with van der Waals surface area (Å²) in [5.74, 6) is 0.422. The van der Waals surface area contributed by atoms with Crippen LogP contribution in [-0.4, -0.2) is 9.55 Å². The van der Waals surface area contributed by atoms with Crippen LogP contribution in [0.15, 0.2) is 11.0 Å². The van der Waals surface area contributed by atoms with Crippen molar-refractivity contribution in [3.8, 4) is 0 Å². The van der Waals surface area contributed by atoms with Gasteiger partial charge in [0.05, 0.1) is 0 Å². The third-order valence-corrected chi connectivity index (χ3v) is 3.37. The molecule has 0 atom stereocenters. The van der Waals surface area contributed by atoms with Gasteiger partial charge in [-0.3, -0.25) is 4.57 Å². The van der Waals surface area contributed by atoms with Crippen molar-refractivity contribution >= 4 is 0 Å². The Bertz CT molecular complexity index is 369. The normalized spacial score (nSPS) is 18.6. The Morgan fingerprint density at radius 1 is 1.33 bits per heavy atom. The predicted octanol–water partition coefficient (Wildman–Crippen LogP) is 2.81. The van der Waals surface area contributed by atoms with Gasteiger partial charge in [0.1, 0.15) is 0 Å². The maximum atomic E-state index is 11.8. The Kier molecular flexibility index (Phi) is 2.98. The number of aromatic nitrogens is 2. The van der Waals surface area contributed by atoms with Gasteiger partial charge in [-0.2, -0.15) is 0 Å². The average Bonchev–Trinajstić information content (AvgIpc) is 2.61. The second kappa shape index (κ2) is 4.25. The van der Waals surface area contributed by atoms with Crippen molar-refractivity contribution in [2.75, 3.05) is 0 Å². The van der Waals surface area contributed by atoms with Crippen molar-refractivity contribution in [2.45, 2.75) is 57.9 Å². The lowest BCUT2D eigenvalue weighted by atomic mass is 9.94. The van der Waals surface area contributed by atoms with Gasteiger partial charge in [-0.1, -0.05) is 33.1 Å². The van der Waals surface area contributed by atoms with E-state index in [1.807, 2.05) is 10.8 Å². The van der Waals surface area contributed by atoms with E-state index in [-0.39, 0.29) is 5.69 Å². The molecule has 1 aromatic rings. The highest BCUT2D eigenvalue weighted by Crippen LogP contribution is 2.29. The van der Waals surface area contributed by atoms with E-state index in [4.69, 9.17) is 0 Å². The van der Waals surface area contributed by atoms with E-state index in [2.05, 4.69) is 18.8 Å². The first-order valence-electron chi connectivity index (χ1n) is 6.00. The monoisotopic (exact) mass is 208 g/mol. The molecule has 0 amide bonds. The van der Waals surface area contributed by atoms with Crippen LogP contribution in [0.4, 0.5) is 0 Å². The molecule has 3 heteroatoms. The quantitative estimate of drug-likeness (QED) is 0.797. The van der Waals surface area contributed by atoms with Gasteiger partial charge in [0.15, 0.2) is 0 Å². The lowest BCUT2D eigenvalue weighted by Gasteiger charge is -2.25. The molecule has 1 fully saturated rings. The minimum atomic E-state index is 0.0746. The third-order valence-electron chi connectivity index (χ3n) is 3.37. The van der Waals surface area contributed by atoms with Crippen molar-refractivity contribution < 1.29 is 0 Å². The molecule has 84 valence electrons. The molecule has 1 aliphatic rings. The molecular formula is C12H20N2O. The molecule has 0 bridgehead atoms. The van der Waals surface area contributed by atoms with Gasteiger partial charge in [-0.05, 0) is 18.8 Å². The van der Waals surface area contributed by atoms with E-state index in [1.54, 1.807) is 0 Å². The van der Waals surface area contributed by atoms with Gasteiger partial charge in [-0.15, -0.1) is 0 Å². The fourth-order valence-electron chi connectivity index (χ4n) is 2.55. The number of nitrogens with zero attached hydrogens (tertiary/aromatic N) is 1. The number of H-pyrrole nitrogens is 1. The molecule has 2 rings (SSSR count). The van der Waals surface area contributed by atoms with E-state index in [9.17, 15) is 4.79 Å². The summed E-state index contributed by atoms with van der Waals surface area (Å²) in [6.45, 7) is 4.28. The molecule has 0 radical (unpaired) electrons. The van der Waals surface area contributed by atoms with Crippen LogP contribution >= 0.6 is 0 Å². The first-order valence-corrected chi connectivity index (χ1v) is 6.00. The Morgan fingerprint density at radius 2 is 2.00 bits per heavy atom. The number of rotatable bonds is 2. The second-order valence-corrected chi connectivity index (χ2v) is 4.84. The van der Waals surface area contributed by atoms with Crippen molar-refractivity contribution in [3.63, 3.8) is 0 Å². The molecule has 1 N–H and O–H groups in total. The molecule has 0 unspecified atom stereocenters. The third kappa shape index (κ3) is 2.01. The van der Waals surface area contributed by atoms with Crippen molar-refractivity contribution in [1.82, 2.24) is 9.55 Å². The molecule has 0 spiro atoms. The van der Waals surface area contributed by atoms with Gasteiger partial charge in [0.25, 0.3) is 0 Å². The van der Waals surface area contributed by atoms with Crippen LogP contribution in [0, 0.1) is 0 Å². The number of nitrogens with one attached hydrogen (secondary N) is 1. The highest BCUT2D eigenvalue weighted by Gasteiger charge is 2.20. The van der Waals surface area contributed by atoms with Crippen molar-refractivity contribution in [3.05, 3.63) is 22.4 Å². The minimum absolute atomic E-state index is 0.0746. The van der Waals surface area contributed by atoms with Crippen LogP contribution in [0.5, 0.6) is 0 Å². The molecule has 0 saturated heterocycles. The zero-order valence-corrected chi connectivity index (χ0v) is 9.62. The molecule has 0 aliphatic heterocycles. The summed E-state index contributed by atoms with van der Waals surface area (Å²) in [7, 11) is 0. The summed E-state index contributed by atoms with van der Waals surface area (Å²) in [5.41, 5.74) is 1.23. The molecule has 1 aromatic heterocycles. The first kappa shape index (κ1) is 10.5. The SMILES string of the molecule is CC(C)c1c[nH]c(=O)n1C1CCCCC1. The van der Waals surface area contributed by atoms with Crippen molar-refractivity contribution in [1.29, 1.82) is 0 Å². The van der Waals surface area contributed by atoms with Gasteiger partial charge in [-0.25, -0.2) is 4.79 Å². The van der Waals surface area contributed by atoms with Gasteiger partial charge in [0.2, 0.25) is 0 Å². The zero-order valence-electron chi connectivity index (χ0n) is 9.62. The second-order valence-electron chi connectivity index (χ2n) is 4.84. The molecule has 1 aliphatic carbocycles. The molecular weight excluding hydrogens is 188 g/mol. The summed E-state index contributed by atoms with van der Waals surface area (Å²) in [6.07, 6.45) is 8.06. The molecule has 3 nitrogen and oxygen atoms in total. The molecule has 15 heavy (non-hydrogen) atoms. The molecule has 1 saturated carbocycles. The first-order chi connectivity index (χ1) is 7.20. The summed E-state index contributed by atoms with van der Waals surface area (Å²) in [4.78, 5) is 14.6. The summed E-state index contributed by atoms with van der Waals surface area (Å²) < 4.78 is 1.99. The fourth-order valence-corrected chi connectivity index (χ4v) is 2.55. The lowest BCUT2D eigenvalue weighted by Crippen LogP contribution is -2.26. The van der Waals surface area contributed by atoms with Crippen LogP contribution in [0.25, 0.3) is 0 Å². The minimum Gasteiger partial charge on any atom is -0.312 e. The maximum absolute atomic E-state index is 11.8. The molecule has 0 aromatic carbocycles. The smallest absolute Gasteiger partial charge is 0.312 e. The summed E-state index contributed by atoms with van der Waals surface area (Å²) in [6, 6.07) is 0.440. The zero-order chi connectivity index (χ0) is 10.8. The van der Waals surface area contributed by atoms with Gasteiger partial charge in [0, 0.05) is 17.9 Å². The average molecular weight is 208 g/mol. The predicted molar refractivity (Wildman–Crippen MR) is 61.3 cm³/mol. The Morgan fingerprint density at radius 3 is 2.60 bits per heavy atom. The van der Waals surface area contributed by atoms with Crippen molar-refractivity contribution in [2.24, 2.45) is 0 Å². The van der Waals surface area contributed by atoms with E-state index in [0.29, 0.717) is 12.0 Å². The number of imidazole rings is 1. The fraction of sp³-hybridized carbons (Fsp3) is 0.750. The number of aromatic amines is 1. The summed E-state index contributed by atoms with van der Waals surface area (Å²) in [5, 5.41) is 0. The number of hydrogen-bond acceptors (Lipinski definition) is 1. The standard InChI is InChI=1S/C12H20N2O/c1-9(2)11-8-13-12(15)14(11)10-6-4-3-5-7-10/h8-10H,3-7H2,1-2H3,(H,13,15). The van der Waals surface area contributed by atoms with E-state index >= 15 is 0 Å². The summed E-state index contributed by atoms with van der Waals surface area (Å²) >= 11 is 0. The highest BCUT2D eigenvalue weighted by atomic mass is 16.1. The Hall–Kier alpha value is -0.990. The highest BCUT2D eigenvalue weighted by molar-refractivity contribution is 5.05. The van der Waals surface area contributed by atoms with Gasteiger partial charge < -0.3 is 4.98 Å². The Balaban J connectivity index is 2.32. The maximum Gasteiger partial charge on any atom is 0.325 e. The van der Waals surface area contributed by atoms with E-state index < -0.39 is 0 Å². The number of hydrogen-bond donors (Lipinski definition) is 1. The van der Waals surface area contributed by atoms with E-state index in [0.717, 1.165) is 18.5 Å². The van der Waals surface area contributed by atoms with Crippen LogP contribution in [0.2, 0.25) is 0 Å². The van der Waals surface area contributed by atoms with Gasteiger partial charge >= 0.3 is 5.69 Å². The van der Waals surface area contributed by atoms with E-state index in [1.165, 1.54) is 19.3 Å². The topological polar surface area (TPSA) is 37.8 Å². The van der Waals surface area contributed by atoms with Crippen LogP contribution in [0.1, 0.15) is 63.6 Å². The lowest BCUT2D eigenvalue weighted by molar-refractivity contribution is 0.338. The Labute approximate surface area is 90.5 Å². The largest absolute Gasteiger partial charge is 0.325 e. The molecule has 1 heterocycles.